The third-order valence-electron chi connectivity index (χ3n) is 5.73. The predicted octanol–water partition coefficient (Wildman–Crippen LogP) is 4.88. The first kappa shape index (κ1) is 22.5. The number of benzene rings is 4. The van der Waals surface area contributed by atoms with Crippen molar-refractivity contribution < 1.29 is 4.57 Å². The molecule has 0 fully saturated rings. The Bertz CT molecular complexity index is 1290. The molecule has 0 saturated heterocycles. The third kappa shape index (κ3) is 4.94. The summed E-state index contributed by atoms with van der Waals surface area (Å²) in [6, 6.07) is 40.5. The molecule has 0 bridgehead atoms. The molecule has 4 aromatic carbocycles. The van der Waals surface area contributed by atoms with E-state index in [1.165, 1.54) is 10.6 Å². The molecule has 0 saturated carbocycles. The molecule has 0 amide bonds. The van der Waals surface area contributed by atoms with Crippen LogP contribution in [0.15, 0.2) is 128 Å². The van der Waals surface area contributed by atoms with Gasteiger partial charge in [0.1, 0.15) is 6.29 Å². The van der Waals surface area contributed by atoms with E-state index in [0.717, 1.165) is 22.5 Å². The number of nitrogens with zero attached hydrogens (tertiary/aromatic N) is 3. The van der Waals surface area contributed by atoms with Crippen LogP contribution in [-0.4, -0.2) is 15.0 Å². The molecule has 1 aromatic heterocycles. The summed E-state index contributed by atoms with van der Waals surface area (Å²) in [4.78, 5) is 0. The highest BCUT2D eigenvalue weighted by atomic mass is 31.2. The van der Waals surface area contributed by atoms with Gasteiger partial charge in [0, 0.05) is 23.0 Å². The Hall–Kier alpha value is -3.32. The highest BCUT2D eigenvalue weighted by molar-refractivity contribution is 7.77. The van der Waals surface area contributed by atoms with Gasteiger partial charge in [-0.1, -0.05) is 127 Å². The van der Waals surface area contributed by atoms with Gasteiger partial charge < -0.3 is 4.57 Å². The average molecular weight is 481 g/mol. The molecule has 34 heavy (non-hydrogen) atoms. The van der Waals surface area contributed by atoms with Gasteiger partial charge in [-0.05, 0) is 18.5 Å². The van der Waals surface area contributed by atoms with Crippen LogP contribution in [0.3, 0.4) is 0 Å². The van der Waals surface area contributed by atoms with Crippen molar-refractivity contribution in [3.63, 3.8) is 0 Å². The van der Waals surface area contributed by atoms with Gasteiger partial charge in [-0.2, -0.15) is 0 Å². The largest absolute Gasteiger partial charge is 0.312 e. The van der Waals surface area contributed by atoms with E-state index in [0.29, 0.717) is 0 Å². The first-order valence-corrected chi connectivity index (χ1v) is 14.6. The molecule has 0 unspecified atom stereocenters. The Morgan fingerprint density at radius 2 is 1.09 bits per heavy atom. The summed E-state index contributed by atoms with van der Waals surface area (Å²) in [5, 5.41) is 13.1. The number of rotatable bonds is 8. The van der Waals surface area contributed by atoms with Crippen molar-refractivity contribution in [1.82, 2.24) is 15.0 Å². The summed E-state index contributed by atoms with van der Waals surface area (Å²) in [6.07, 6.45) is 3.02. The first-order chi connectivity index (χ1) is 16.7. The fraction of sp³-hybridized carbons (Fsp3) is 0.0714. The second kappa shape index (κ2) is 10.3. The molecule has 6 heteroatoms. The Kier molecular flexibility index (Phi) is 6.81. The minimum Gasteiger partial charge on any atom is -0.312 e. The van der Waals surface area contributed by atoms with E-state index in [1.807, 2.05) is 79.0 Å². The van der Waals surface area contributed by atoms with Crippen LogP contribution in [-0.2, 0) is 17.0 Å². The summed E-state index contributed by atoms with van der Waals surface area (Å²) in [5.74, 6) is 0. The van der Waals surface area contributed by atoms with Crippen LogP contribution in [0.2, 0.25) is 0 Å². The maximum absolute atomic E-state index is 14.4. The molecular formula is C28H25N3OP2. The maximum atomic E-state index is 14.4. The lowest BCUT2D eigenvalue weighted by Crippen LogP contribution is -2.20. The van der Waals surface area contributed by atoms with Gasteiger partial charge in [0.05, 0.1) is 5.69 Å². The predicted molar refractivity (Wildman–Crippen MR) is 143 cm³/mol. The molecular weight excluding hydrogens is 456 g/mol. The SMILES string of the molecule is O=P(Cn1cc(CP(c2ccccc2)c2ccccc2)nn1)(c1ccccc1)c1ccccc1. The van der Waals surface area contributed by atoms with Crippen molar-refractivity contribution >= 4 is 36.3 Å². The number of hydrogen-bond acceptors (Lipinski definition) is 3. The number of aromatic nitrogens is 3. The molecule has 5 aromatic rings. The average Bonchev–Trinajstić information content (AvgIpc) is 3.36. The van der Waals surface area contributed by atoms with Crippen LogP contribution >= 0.6 is 15.1 Å². The van der Waals surface area contributed by atoms with Gasteiger partial charge in [0.2, 0.25) is 0 Å². The molecule has 4 nitrogen and oxygen atoms in total. The van der Waals surface area contributed by atoms with E-state index in [9.17, 15) is 4.57 Å². The lowest BCUT2D eigenvalue weighted by atomic mass is 10.4. The Morgan fingerprint density at radius 3 is 1.56 bits per heavy atom. The van der Waals surface area contributed by atoms with Gasteiger partial charge in [0.25, 0.3) is 0 Å². The summed E-state index contributed by atoms with van der Waals surface area (Å²) in [6.45, 7) is 0. The van der Waals surface area contributed by atoms with Gasteiger partial charge in [-0.25, -0.2) is 4.68 Å². The normalized spacial score (nSPS) is 11.6. The van der Waals surface area contributed by atoms with E-state index >= 15 is 0 Å². The Balaban J connectivity index is 1.45. The molecule has 0 atom stereocenters. The number of hydrogen-bond donors (Lipinski definition) is 0. The van der Waals surface area contributed by atoms with Crippen molar-refractivity contribution in [3.05, 3.63) is 133 Å². The maximum Gasteiger partial charge on any atom is 0.163 e. The van der Waals surface area contributed by atoms with E-state index < -0.39 is 15.1 Å². The van der Waals surface area contributed by atoms with Crippen LogP contribution in [0.1, 0.15) is 5.69 Å². The quantitative estimate of drug-likeness (QED) is 0.297. The summed E-state index contributed by atoms with van der Waals surface area (Å²) < 4.78 is 16.1. The van der Waals surface area contributed by atoms with Crippen molar-refractivity contribution in [1.29, 1.82) is 0 Å². The monoisotopic (exact) mass is 481 g/mol. The fourth-order valence-corrected chi connectivity index (χ4v) is 8.72. The molecule has 0 radical (unpaired) electrons. The first-order valence-electron chi connectivity index (χ1n) is 11.2. The van der Waals surface area contributed by atoms with Crippen LogP contribution in [0.5, 0.6) is 0 Å². The summed E-state index contributed by atoms with van der Waals surface area (Å²) in [5.41, 5.74) is 0.909. The van der Waals surface area contributed by atoms with E-state index in [-0.39, 0.29) is 6.29 Å². The van der Waals surface area contributed by atoms with Gasteiger partial charge in [0.15, 0.2) is 7.14 Å². The van der Waals surface area contributed by atoms with Crippen molar-refractivity contribution in [2.75, 3.05) is 0 Å². The topological polar surface area (TPSA) is 47.8 Å². The standard InChI is InChI=1S/C28H25N3OP2/c32-34(27-17-9-3-10-18-27,28-19-11-4-12-20-28)23-31-21-24(29-30-31)22-33(25-13-5-1-6-14-25)26-15-7-2-8-16-26/h1-21H,22-23H2. The minimum atomic E-state index is -2.92. The third-order valence-corrected chi connectivity index (χ3v) is 11.2. The van der Waals surface area contributed by atoms with Crippen molar-refractivity contribution in [2.45, 2.75) is 12.4 Å². The van der Waals surface area contributed by atoms with Crippen LogP contribution in [0.25, 0.3) is 0 Å². The highest BCUT2D eigenvalue weighted by Crippen LogP contribution is 2.45. The smallest absolute Gasteiger partial charge is 0.163 e. The summed E-state index contributed by atoms with van der Waals surface area (Å²) >= 11 is 0. The van der Waals surface area contributed by atoms with E-state index in [4.69, 9.17) is 0 Å². The highest BCUT2D eigenvalue weighted by Gasteiger charge is 2.28. The molecule has 0 aliphatic carbocycles. The molecule has 0 spiro atoms. The van der Waals surface area contributed by atoms with Crippen molar-refractivity contribution in [2.24, 2.45) is 0 Å². The Morgan fingerprint density at radius 1 is 0.647 bits per heavy atom. The van der Waals surface area contributed by atoms with Gasteiger partial charge in [-0.15, -0.1) is 5.10 Å². The Labute approximate surface area is 201 Å². The van der Waals surface area contributed by atoms with Crippen LogP contribution in [0.4, 0.5) is 0 Å². The van der Waals surface area contributed by atoms with Gasteiger partial charge >= 0.3 is 0 Å². The van der Waals surface area contributed by atoms with Crippen molar-refractivity contribution in [3.8, 4) is 0 Å². The molecule has 168 valence electrons. The lowest BCUT2D eigenvalue weighted by Gasteiger charge is -2.19. The molecule has 5 rings (SSSR count). The molecule has 0 N–H and O–H groups in total. The van der Waals surface area contributed by atoms with E-state index in [2.05, 4.69) is 58.8 Å². The second-order valence-corrected chi connectivity index (χ2v) is 13.1. The minimum absolute atomic E-state index is 0.280. The molecule has 0 aliphatic heterocycles. The lowest BCUT2D eigenvalue weighted by molar-refractivity contribution is 0.571. The second-order valence-electron chi connectivity index (χ2n) is 8.06. The van der Waals surface area contributed by atoms with E-state index in [1.54, 1.807) is 4.68 Å². The zero-order valence-corrected chi connectivity index (χ0v) is 20.5. The van der Waals surface area contributed by atoms with Gasteiger partial charge in [-0.3, -0.25) is 0 Å². The summed E-state index contributed by atoms with van der Waals surface area (Å²) in [7, 11) is -3.54. The zero-order valence-electron chi connectivity index (χ0n) is 18.7. The zero-order chi connectivity index (χ0) is 23.2. The van der Waals surface area contributed by atoms with Crippen LogP contribution < -0.4 is 21.2 Å². The fourth-order valence-electron chi connectivity index (χ4n) is 4.04. The molecule has 0 aliphatic rings. The van der Waals surface area contributed by atoms with Crippen LogP contribution in [0, 0.1) is 0 Å². The molecule has 1 heterocycles.